The third kappa shape index (κ3) is 7.20. The van der Waals surface area contributed by atoms with E-state index in [9.17, 15) is 14.4 Å². The Labute approximate surface area is 164 Å². The predicted octanol–water partition coefficient (Wildman–Crippen LogP) is 2.10. The van der Waals surface area contributed by atoms with Gasteiger partial charge in [0.15, 0.2) is 6.61 Å². The van der Waals surface area contributed by atoms with Crippen molar-refractivity contribution in [1.82, 2.24) is 10.6 Å². The Morgan fingerprint density at radius 3 is 2.39 bits per heavy atom. The number of carbonyl (C=O) groups excluding carboxylic acids is 3. The summed E-state index contributed by atoms with van der Waals surface area (Å²) in [5.41, 5.74) is 2.43. The van der Waals surface area contributed by atoms with Crippen LogP contribution in [0.2, 0.25) is 0 Å². The molecule has 0 heterocycles. The molecule has 0 radical (unpaired) electrons. The number of rotatable bonds is 9. The molecule has 2 rings (SSSR count). The lowest BCUT2D eigenvalue weighted by atomic mass is 10.00. The second-order valence-electron chi connectivity index (χ2n) is 6.02. The van der Waals surface area contributed by atoms with Gasteiger partial charge in [-0.2, -0.15) is 0 Å². The van der Waals surface area contributed by atoms with Crippen molar-refractivity contribution in [2.45, 2.75) is 12.8 Å². The van der Waals surface area contributed by atoms with Gasteiger partial charge in [0.1, 0.15) is 0 Å². The lowest BCUT2D eigenvalue weighted by Gasteiger charge is -2.10. The van der Waals surface area contributed by atoms with Gasteiger partial charge in [0.05, 0.1) is 12.2 Å². The van der Waals surface area contributed by atoms with E-state index >= 15 is 0 Å². The first-order valence-electron chi connectivity index (χ1n) is 8.95. The van der Waals surface area contributed by atoms with Crippen molar-refractivity contribution in [2.24, 2.45) is 0 Å². The monoisotopic (exact) mass is 384 g/mol. The van der Waals surface area contributed by atoms with Gasteiger partial charge in [-0.15, -0.1) is 0 Å². The fourth-order valence-corrected chi connectivity index (χ4v) is 2.54. The maximum atomic E-state index is 12.4. The average molecular weight is 384 g/mol. The van der Waals surface area contributed by atoms with E-state index < -0.39 is 24.5 Å². The molecule has 0 saturated heterocycles. The molecule has 0 bridgehead atoms. The number of hydrogen-bond acceptors (Lipinski definition) is 5. The van der Waals surface area contributed by atoms with Crippen LogP contribution < -0.4 is 10.6 Å². The summed E-state index contributed by atoms with van der Waals surface area (Å²) in [6.07, 6.45) is 1.46. The zero-order valence-corrected chi connectivity index (χ0v) is 15.8. The van der Waals surface area contributed by atoms with E-state index in [0.717, 1.165) is 12.0 Å². The van der Waals surface area contributed by atoms with E-state index in [4.69, 9.17) is 9.47 Å². The van der Waals surface area contributed by atoms with Crippen LogP contribution in [-0.4, -0.2) is 44.8 Å². The first-order valence-corrected chi connectivity index (χ1v) is 8.95. The normalized spacial score (nSPS) is 10.2. The van der Waals surface area contributed by atoms with Crippen LogP contribution in [0.15, 0.2) is 54.6 Å². The van der Waals surface area contributed by atoms with Gasteiger partial charge in [-0.05, 0) is 30.0 Å². The van der Waals surface area contributed by atoms with E-state index in [1.54, 1.807) is 12.1 Å². The van der Waals surface area contributed by atoms with Gasteiger partial charge < -0.3 is 14.8 Å². The Morgan fingerprint density at radius 2 is 1.64 bits per heavy atom. The second kappa shape index (κ2) is 11.5. The van der Waals surface area contributed by atoms with Crippen molar-refractivity contribution < 1.29 is 23.9 Å². The summed E-state index contributed by atoms with van der Waals surface area (Å²) in [6, 6.07) is 16.4. The second-order valence-corrected chi connectivity index (χ2v) is 6.02. The molecule has 7 heteroatoms. The first-order chi connectivity index (χ1) is 13.6. The molecule has 0 aliphatic carbocycles. The number of ether oxygens (including phenoxy) is 2. The third-order valence-corrected chi connectivity index (χ3v) is 3.94. The topological polar surface area (TPSA) is 93.7 Å². The van der Waals surface area contributed by atoms with Crippen LogP contribution in [0.3, 0.4) is 0 Å². The van der Waals surface area contributed by atoms with Crippen LogP contribution >= 0.6 is 0 Å². The maximum absolute atomic E-state index is 12.4. The molecule has 2 N–H and O–H groups in total. The summed E-state index contributed by atoms with van der Waals surface area (Å²) in [7, 11) is 1.50. The quantitative estimate of drug-likeness (QED) is 0.510. The van der Waals surface area contributed by atoms with E-state index in [1.165, 1.54) is 12.7 Å². The molecular weight excluding hydrogens is 360 g/mol. The highest BCUT2D eigenvalue weighted by Gasteiger charge is 2.15. The van der Waals surface area contributed by atoms with Crippen LogP contribution in [-0.2, 0) is 27.1 Å². The fourth-order valence-electron chi connectivity index (χ4n) is 2.54. The lowest BCUT2D eigenvalue weighted by Crippen LogP contribution is -2.42. The Bertz CT molecular complexity index is 792. The summed E-state index contributed by atoms with van der Waals surface area (Å²) in [5.74, 6) is -1.30. The van der Waals surface area contributed by atoms with Crippen molar-refractivity contribution in [3.63, 3.8) is 0 Å². The number of aryl methyl sites for hydroxylation is 2. The van der Waals surface area contributed by atoms with Crippen LogP contribution in [0.5, 0.6) is 0 Å². The largest absolute Gasteiger partial charge is 0.452 e. The predicted molar refractivity (Wildman–Crippen MR) is 104 cm³/mol. The number of imide groups is 1. The number of amides is 3. The van der Waals surface area contributed by atoms with E-state index in [2.05, 4.69) is 10.6 Å². The van der Waals surface area contributed by atoms with Crippen molar-refractivity contribution in [1.29, 1.82) is 0 Å². The molecule has 0 aromatic heterocycles. The molecule has 28 heavy (non-hydrogen) atoms. The summed E-state index contributed by atoms with van der Waals surface area (Å²) in [5, 5.41) is 4.52. The van der Waals surface area contributed by atoms with Gasteiger partial charge in [0.25, 0.3) is 5.91 Å². The number of esters is 1. The summed E-state index contributed by atoms with van der Waals surface area (Å²) >= 11 is 0. The van der Waals surface area contributed by atoms with Crippen LogP contribution in [0.4, 0.5) is 4.79 Å². The number of urea groups is 1. The van der Waals surface area contributed by atoms with Gasteiger partial charge in [-0.25, -0.2) is 9.59 Å². The number of carbonyl (C=O) groups is 3. The minimum absolute atomic E-state index is 0.268. The molecule has 0 aliphatic heterocycles. The van der Waals surface area contributed by atoms with Gasteiger partial charge in [-0.3, -0.25) is 10.1 Å². The average Bonchev–Trinajstić information content (AvgIpc) is 2.71. The van der Waals surface area contributed by atoms with E-state index in [0.29, 0.717) is 18.6 Å². The molecule has 0 aliphatic rings. The third-order valence-electron chi connectivity index (χ3n) is 3.94. The Morgan fingerprint density at radius 1 is 0.929 bits per heavy atom. The molecule has 2 aromatic carbocycles. The molecule has 0 spiro atoms. The molecule has 3 amide bonds. The van der Waals surface area contributed by atoms with Gasteiger partial charge in [0.2, 0.25) is 0 Å². The van der Waals surface area contributed by atoms with Crippen LogP contribution in [0, 0.1) is 0 Å². The molecule has 2 aromatic rings. The number of nitrogens with one attached hydrogen (secondary N) is 2. The maximum Gasteiger partial charge on any atom is 0.338 e. The highest BCUT2D eigenvalue weighted by atomic mass is 16.5. The lowest BCUT2D eigenvalue weighted by molar-refractivity contribution is -0.123. The number of hydrogen-bond donors (Lipinski definition) is 2. The van der Waals surface area contributed by atoms with Crippen molar-refractivity contribution >= 4 is 17.9 Å². The van der Waals surface area contributed by atoms with Gasteiger partial charge >= 0.3 is 12.0 Å². The highest BCUT2D eigenvalue weighted by Crippen LogP contribution is 2.14. The molecule has 148 valence electrons. The Balaban J connectivity index is 1.85. The number of benzene rings is 2. The zero-order chi connectivity index (χ0) is 20.2. The molecule has 0 fully saturated rings. The van der Waals surface area contributed by atoms with Gasteiger partial charge in [0, 0.05) is 13.7 Å². The van der Waals surface area contributed by atoms with E-state index in [-0.39, 0.29) is 6.54 Å². The molecule has 0 atom stereocenters. The molecular formula is C21H24N2O5. The fraction of sp³-hybridized carbons (Fsp3) is 0.286. The standard InChI is InChI=1S/C21H24N2O5/c1-27-14-13-22-21(26)23-19(24)15-28-20(25)18-10-6-5-9-17(18)12-11-16-7-3-2-4-8-16/h2-10H,11-15H2,1H3,(H2,22,23,24,26). The van der Waals surface area contributed by atoms with E-state index in [1.807, 2.05) is 42.5 Å². The highest BCUT2D eigenvalue weighted by molar-refractivity contribution is 5.97. The Hall–Kier alpha value is -3.19. The minimum atomic E-state index is -0.704. The van der Waals surface area contributed by atoms with Gasteiger partial charge in [-0.1, -0.05) is 48.5 Å². The smallest absolute Gasteiger partial charge is 0.338 e. The molecule has 0 unspecified atom stereocenters. The zero-order valence-electron chi connectivity index (χ0n) is 15.8. The molecule has 0 saturated carbocycles. The van der Waals surface area contributed by atoms with Crippen molar-refractivity contribution in [2.75, 3.05) is 26.9 Å². The first kappa shape index (κ1) is 21.1. The summed E-state index contributed by atoms with van der Waals surface area (Å²) < 4.78 is 9.84. The minimum Gasteiger partial charge on any atom is -0.452 e. The summed E-state index contributed by atoms with van der Waals surface area (Å²) in [6.45, 7) is 0.0596. The SMILES string of the molecule is COCCNC(=O)NC(=O)COC(=O)c1ccccc1CCc1ccccc1. The van der Waals surface area contributed by atoms with Crippen molar-refractivity contribution in [3.05, 3.63) is 71.3 Å². The summed E-state index contributed by atoms with van der Waals surface area (Å²) in [4.78, 5) is 35.6. The molecule has 7 nitrogen and oxygen atoms in total. The number of methoxy groups -OCH3 is 1. The van der Waals surface area contributed by atoms with Crippen LogP contribution in [0.1, 0.15) is 21.5 Å². The Kier molecular flexibility index (Phi) is 8.68. The van der Waals surface area contributed by atoms with Crippen molar-refractivity contribution in [3.8, 4) is 0 Å². The van der Waals surface area contributed by atoms with Crippen LogP contribution in [0.25, 0.3) is 0 Å².